The second-order valence-electron chi connectivity index (χ2n) is 6.37. The molecule has 0 heterocycles. The Hall–Kier alpha value is -0.0800. The summed E-state index contributed by atoms with van der Waals surface area (Å²) in [5, 5.41) is 0. The largest absolute Gasteiger partial charge is 0.377 e. The molecule has 0 amide bonds. The molecule has 0 bridgehead atoms. The van der Waals surface area contributed by atoms with E-state index in [1.807, 2.05) is 0 Å². The quantitative estimate of drug-likeness (QED) is 0.779. The highest BCUT2D eigenvalue weighted by Gasteiger charge is 2.31. The van der Waals surface area contributed by atoms with Crippen LogP contribution in [-0.2, 0) is 4.74 Å². The first kappa shape index (κ1) is 14.3. The molecule has 18 heavy (non-hydrogen) atoms. The Morgan fingerprint density at radius 1 is 1.00 bits per heavy atom. The van der Waals surface area contributed by atoms with Gasteiger partial charge in [0.1, 0.15) is 0 Å². The number of ether oxygens (including phenoxy) is 1. The molecule has 2 atom stereocenters. The number of hydrogen-bond acceptors (Lipinski definition) is 2. The van der Waals surface area contributed by atoms with Crippen LogP contribution < -0.4 is 5.73 Å². The lowest BCUT2D eigenvalue weighted by atomic mass is 9.80. The molecule has 0 saturated heterocycles. The van der Waals surface area contributed by atoms with E-state index in [2.05, 4.69) is 6.92 Å². The first-order chi connectivity index (χ1) is 8.81. The lowest BCUT2D eigenvalue weighted by Gasteiger charge is -2.35. The molecule has 0 aromatic carbocycles. The van der Waals surface area contributed by atoms with Crippen LogP contribution >= 0.6 is 0 Å². The topological polar surface area (TPSA) is 35.2 Å². The van der Waals surface area contributed by atoms with Gasteiger partial charge in [0.05, 0.1) is 6.10 Å². The Labute approximate surface area is 113 Å². The average molecular weight is 253 g/mol. The van der Waals surface area contributed by atoms with Gasteiger partial charge in [0.25, 0.3) is 0 Å². The summed E-state index contributed by atoms with van der Waals surface area (Å²) in [7, 11) is 0. The van der Waals surface area contributed by atoms with Crippen molar-refractivity contribution in [2.75, 3.05) is 6.61 Å². The summed E-state index contributed by atoms with van der Waals surface area (Å²) in [6, 6.07) is 0.274. The van der Waals surface area contributed by atoms with Crippen molar-refractivity contribution in [3.63, 3.8) is 0 Å². The molecule has 0 spiro atoms. The SMILES string of the molecule is CCOC(C(N)CC1CCCC1)C1CCCCC1. The van der Waals surface area contributed by atoms with Crippen molar-refractivity contribution in [2.24, 2.45) is 17.6 Å². The first-order valence-electron chi connectivity index (χ1n) is 8.18. The minimum atomic E-state index is 0.274. The molecule has 0 aliphatic heterocycles. The van der Waals surface area contributed by atoms with Crippen LogP contribution in [0.5, 0.6) is 0 Å². The summed E-state index contributed by atoms with van der Waals surface area (Å²) in [6.45, 7) is 2.93. The Balaban J connectivity index is 1.85. The van der Waals surface area contributed by atoms with Gasteiger partial charge in [0.15, 0.2) is 0 Å². The molecule has 106 valence electrons. The summed E-state index contributed by atoms with van der Waals surface area (Å²) in [4.78, 5) is 0. The molecule has 0 radical (unpaired) electrons. The van der Waals surface area contributed by atoms with Gasteiger partial charge in [-0.05, 0) is 38.0 Å². The van der Waals surface area contributed by atoms with Crippen molar-refractivity contribution >= 4 is 0 Å². The van der Waals surface area contributed by atoms with Gasteiger partial charge in [-0.1, -0.05) is 44.9 Å². The zero-order valence-electron chi connectivity index (χ0n) is 12.1. The fourth-order valence-electron chi connectivity index (χ4n) is 4.03. The summed E-state index contributed by atoms with van der Waals surface area (Å²) < 4.78 is 6.03. The van der Waals surface area contributed by atoms with Gasteiger partial charge in [-0.3, -0.25) is 0 Å². The molecule has 2 nitrogen and oxygen atoms in total. The highest BCUT2D eigenvalue weighted by atomic mass is 16.5. The van der Waals surface area contributed by atoms with Crippen LogP contribution in [-0.4, -0.2) is 18.8 Å². The Kier molecular flexibility index (Phi) is 5.97. The van der Waals surface area contributed by atoms with Gasteiger partial charge in [-0.2, -0.15) is 0 Å². The van der Waals surface area contributed by atoms with Gasteiger partial charge in [-0.25, -0.2) is 0 Å². The monoisotopic (exact) mass is 253 g/mol. The molecule has 2 fully saturated rings. The van der Waals surface area contributed by atoms with Crippen LogP contribution in [0.25, 0.3) is 0 Å². The highest BCUT2D eigenvalue weighted by Crippen LogP contribution is 2.33. The zero-order chi connectivity index (χ0) is 12.8. The van der Waals surface area contributed by atoms with Crippen LogP contribution in [0.1, 0.15) is 71.1 Å². The molecule has 0 aromatic rings. The number of rotatable bonds is 6. The Morgan fingerprint density at radius 3 is 2.22 bits per heavy atom. The van der Waals surface area contributed by atoms with Gasteiger partial charge in [0, 0.05) is 12.6 Å². The van der Waals surface area contributed by atoms with E-state index < -0.39 is 0 Å². The molecule has 2 aliphatic carbocycles. The minimum absolute atomic E-state index is 0.274. The van der Waals surface area contributed by atoms with E-state index in [1.54, 1.807) is 0 Å². The molecule has 2 saturated carbocycles. The lowest BCUT2D eigenvalue weighted by molar-refractivity contribution is -0.0137. The van der Waals surface area contributed by atoms with Crippen LogP contribution in [0.3, 0.4) is 0 Å². The van der Waals surface area contributed by atoms with Gasteiger partial charge < -0.3 is 10.5 Å². The van der Waals surface area contributed by atoms with E-state index in [9.17, 15) is 0 Å². The first-order valence-corrected chi connectivity index (χ1v) is 8.18. The normalized spacial score (nSPS) is 26.3. The van der Waals surface area contributed by atoms with Crippen molar-refractivity contribution in [1.29, 1.82) is 0 Å². The van der Waals surface area contributed by atoms with Crippen LogP contribution in [0.15, 0.2) is 0 Å². The summed E-state index contributed by atoms with van der Waals surface area (Å²) in [6.07, 6.45) is 14.0. The summed E-state index contributed by atoms with van der Waals surface area (Å²) in [5.41, 5.74) is 6.49. The van der Waals surface area contributed by atoms with Crippen LogP contribution in [0.4, 0.5) is 0 Å². The van der Waals surface area contributed by atoms with Crippen molar-refractivity contribution in [3.05, 3.63) is 0 Å². The second kappa shape index (κ2) is 7.49. The van der Waals surface area contributed by atoms with E-state index in [0.717, 1.165) is 18.4 Å². The maximum absolute atomic E-state index is 6.49. The third kappa shape index (κ3) is 3.96. The molecular weight excluding hydrogens is 222 g/mol. The maximum Gasteiger partial charge on any atom is 0.0753 e. The molecular formula is C16H31NO. The van der Waals surface area contributed by atoms with Gasteiger partial charge in [0.2, 0.25) is 0 Å². The fraction of sp³-hybridized carbons (Fsp3) is 1.00. The fourth-order valence-corrected chi connectivity index (χ4v) is 4.03. The molecule has 2 N–H and O–H groups in total. The standard InChI is InChI=1S/C16H31NO/c1-2-18-16(14-10-4-3-5-11-14)15(17)12-13-8-6-7-9-13/h13-16H,2-12,17H2,1H3. The van der Waals surface area contributed by atoms with Gasteiger partial charge >= 0.3 is 0 Å². The predicted octanol–water partition coefficient (Wildman–Crippen LogP) is 3.88. The van der Waals surface area contributed by atoms with E-state index in [1.165, 1.54) is 64.2 Å². The molecule has 2 heteroatoms. The number of hydrogen-bond donors (Lipinski definition) is 1. The third-order valence-corrected chi connectivity index (χ3v) is 4.98. The van der Waals surface area contributed by atoms with Crippen molar-refractivity contribution in [1.82, 2.24) is 0 Å². The minimum Gasteiger partial charge on any atom is -0.377 e. The Bertz CT molecular complexity index is 219. The maximum atomic E-state index is 6.49. The van der Waals surface area contributed by atoms with E-state index in [-0.39, 0.29) is 6.04 Å². The molecule has 2 aliphatic rings. The Morgan fingerprint density at radius 2 is 1.61 bits per heavy atom. The van der Waals surface area contributed by atoms with Crippen LogP contribution in [0, 0.1) is 11.8 Å². The van der Waals surface area contributed by atoms with Crippen molar-refractivity contribution in [3.8, 4) is 0 Å². The average Bonchev–Trinajstić information content (AvgIpc) is 2.89. The summed E-state index contributed by atoms with van der Waals surface area (Å²) in [5.74, 6) is 1.61. The molecule has 2 unspecified atom stereocenters. The third-order valence-electron chi connectivity index (χ3n) is 4.98. The lowest BCUT2D eigenvalue weighted by Crippen LogP contribution is -2.43. The smallest absolute Gasteiger partial charge is 0.0753 e. The zero-order valence-corrected chi connectivity index (χ0v) is 12.1. The number of nitrogens with two attached hydrogens (primary N) is 1. The molecule has 2 rings (SSSR count). The van der Waals surface area contributed by atoms with E-state index >= 15 is 0 Å². The van der Waals surface area contributed by atoms with Crippen LogP contribution in [0.2, 0.25) is 0 Å². The highest BCUT2D eigenvalue weighted by molar-refractivity contribution is 4.85. The summed E-state index contributed by atoms with van der Waals surface area (Å²) >= 11 is 0. The molecule has 0 aromatic heterocycles. The van der Waals surface area contributed by atoms with E-state index in [0.29, 0.717) is 6.10 Å². The van der Waals surface area contributed by atoms with E-state index in [4.69, 9.17) is 10.5 Å². The predicted molar refractivity (Wildman–Crippen MR) is 76.5 cm³/mol. The van der Waals surface area contributed by atoms with Gasteiger partial charge in [-0.15, -0.1) is 0 Å². The second-order valence-corrected chi connectivity index (χ2v) is 6.37. The van der Waals surface area contributed by atoms with Crippen molar-refractivity contribution in [2.45, 2.75) is 83.3 Å². The van der Waals surface area contributed by atoms with Crippen molar-refractivity contribution < 1.29 is 4.74 Å².